The zero-order chi connectivity index (χ0) is 53.7. The van der Waals surface area contributed by atoms with E-state index in [1.165, 1.54) is 55.2 Å². The number of anilines is 1. The van der Waals surface area contributed by atoms with Crippen LogP contribution in [0.15, 0.2) is 103 Å². The van der Waals surface area contributed by atoms with Gasteiger partial charge in [-0.15, -0.1) is 0 Å². The molecule has 0 aromatic heterocycles. The smallest absolute Gasteiger partial charge is 0.329 e. The SMILES string of the molecule is CC[C@H](C(=O)N1CCCC[C@H]1C(=O)O[C@H](CCc1ccc(OC)c(OC)c1)c1cccc(OCC(=O)NCCCCCCCCCCN2Cc3ccccc3/C=C\c3ccccc32)c1)c1cc(OC)c(OC)c(OC)c1. The molecule has 0 unspecified atom stereocenters. The highest BCUT2D eigenvalue weighted by atomic mass is 16.5. The van der Waals surface area contributed by atoms with E-state index >= 15 is 0 Å². The number of amides is 2. The maximum Gasteiger partial charge on any atom is 0.329 e. The first-order chi connectivity index (χ1) is 37.2. The molecule has 7 rings (SSSR count). The fourth-order valence-corrected chi connectivity index (χ4v) is 10.5. The number of fused-ring (bicyclic) bond motifs is 2. The van der Waals surface area contributed by atoms with Gasteiger partial charge in [-0.1, -0.05) is 118 Å². The van der Waals surface area contributed by atoms with Crippen LogP contribution in [-0.2, 0) is 32.1 Å². The number of nitrogens with one attached hydrogen (secondary N) is 1. The first kappa shape index (κ1) is 56.6. The monoisotopic (exact) mass is 1040 g/mol. The topological polar surface area (TPSA) is 134 Å². The minimum Gasteiger partial charge on any atom is -0.493 e. The van der Waals surface area contributed by atoms with E-state index in [2.05, 4.69) is 70.9 Å². The fourth-order valence-electron chi connectivity index (χ4n) is 10.5. The van der Waals surface area contributed by atoms with E-state index in [1.54, 1.807) is 51.5 Å². The fraction of sp³-hybridized carbons (Fsp3) is 0.444. The van der Waals surface area contributed by atoms with Gasteiger partial charge in [-0.2, -0.15) is 0 Å². The Morgan fingerprint density at radius 1 is 0.658 bits per heavy atom. The summed E-state index contributed by atoms with van der Waals surface area (Å²) in [5.74, 6) is 1.65. The van der Waals surface area contributed by atoms with Crippen molar-refractivity contribution in [2.45, 2.75) is 121 Å². The summed E-state index contributed by atoms with van der Waals surface area (Å²) in [4.78, 5) is 46.2. The zero-order valence-corrected chi connectivity index (χ0v) is 45.6. The van der Waals surface area contributed by atoms with Crippen molar-refractivity contribution in [2.75, 3.05) is 66.7 Å². The van der Waals surface area contributed by atoms with Crippen molar-refractivity contribution in [1.29, 1.82) is 0 Å². The second-order valence-electron chi connectivity index (χ2n) is 19.7. The Labute approximate surface area is 450 Å². The van der Waals surface area contributed by atoms with Crippen LogP contribution in [-0.4, -0.2) is 90.5 Å². The van der Waals surface area contributed by atoms with Crippen LogP contribution < -0.4 is 38.6 Å². The lowest BCUT2D eigenvalue weighted by Crippen LogP contribution is -2.50. The van der Waals surface area contributed by atoms with E-state index < -0.39 is 24.0 Å². The maximum atomic E-state index is 14.5. The number of esters is 1. The van der Waals surface area contributed by atoms with Crippen LogP contribution in [0.2, 0.25) is 0 Å². The predicted octanol–water partition coefficient (Wildman–Crippen LogP) is 12.3. The number of ether oxygens (including phenoxy) is 7. The number of para-hydroxylation sites is 1. The Bertz CT molecular complexity index is 2680. The Hall–Kier alpha value is -7.15. The van der Waals surface area contributed by atoms with Gasteiger partial charge in [-0.05, 0) is 127 Å². The zero-order valence-electron chi connectivity index (χ0n) is 45.6. The summed E-state index contributed by atoms with van der Waals surface area (Å²) in [6.07, 6.45) is 16.4. The lowest BCUT2D eigenvalue weighted by atomic mass is 9.91. The Kier molecular flexibility index (Phi) is 21.8. The molecule has 2 aliphatic rings. The highest BCUT2D eigenvalue weighted by molar-refractivity contribution is 5.89. The second kappa shape index (κ2) is 29.2. The number of carbonyl (C=O) groups is 3. The number of methoxy groups -OCH3 is 5. The molecule has 1 saturated heterocycles. The van der Waals surface area contributed by atoms with Gasteiger partial charge in [0.05, 0.1) is 41.5 Å². The van der Waals surface area contributed by atoms with Crippen molar-refractivity contribution in [3.8, 4) is 34.5 Å². The Morgan fingerprint density at radius 3 is 2.07 bits per heavy atom. The van der Waals surface area contributed by atoms with E-state index in [0.717, 1.165) is 57.2 Å². The number of hydrogen-bond acceptors (Lipinski definition) is 11. The number of hydrogen-bond donors (Lipinski definition) is 1. The van der Waals surface area contributed by atoms with E-state index in [4.69, 9.17) is 33.2 Å². The normalized spacial score (nSPS) is 15.2. The average Bonchev–Trinajstić information content (AvgIpc) is 3.46. The molecule has 0 spiro atoms. The van der Waals surface area contributed by atoms with Crippen molar-refractivity contribution in [3.63, 3.8) is 0 Å². The molecule has 76 heavy (non-hydrogen) atoms. The van der Waals surface area contributed by atoms with Crippen molar-refractivity contribution in [1.82, 2.24) is 10.2 Å². The highest BCUT2D eigenvalue weighted by Gasteiger charge is 2.38. The minimum atomic E-state index is -0.782. The highest BCUT2D eigenvalue weighted by Crippen LogP contribution is 2.42. The minimum absolute atomic E-state index is 0.143. The molecule has 13 heteroatoms. The van der Waals surface area contributed by atoms with E-state index in [1.807, 2.05) is 43.3 Å². The van der Waals surface area contributed by atoms with Crippen LogP contribution in [0.1, 0.15) is 136 Å². The van der Waals surface area contributed by atoms with Crippen molar-refractivity contribution in [2.24, 2.45) is 0 Å². The summed E-state index contributed by atoms with van der Waals surface area (Å²) < 4.78 is 40.3. The third kappa shape index (κ3) is 15.3. The molecular weight excluding hydrogens is 959 g/mol. The number of aryl methyl sites for hydroxylation is 1. The Morgan fingerprint density at radius 2 is 1.34 bits per heavy atom. The second-order valence-corrected chi connectivity index (χ2v) is 19.7. The molecule has 3 atom stereocenters. The van der Waals surface area contributed by atoms with Crippen molar-refractivity contribution < 1.29 is 47.5 Å². The molecule has 1 N–H and O–H groups in total. The van der Waals surface area contributed by atoms with Gasteiger partial charge < -0.3 is 48.3 Å². The number of benzene rings is 5. The lowest BCUT2D eigenvalue weighted by molar-refractivity contribution is -0.162. The third-order valence-electron chi connectivity index (χ3n) is 14.7. The lowest BCUT2D eigenvalue weighted by Gasteiger charge is -2.37. The maximum absolute atomic E-state index is 14.5. The number of carbonyl (C=O) groups excluding carboxylic acids is 3. The molecular formula is C63H79N3O10. The van der Waals surface area contributed by atoms with E-state index in [9.17, 15) is 14.4 Å². The van der Waals surface area contributed by atoms with Crippen LogP contribution >= 0.6 is 0 Å². The summed E-state index contributed by atoms with van der Waals surface area (Å²) in [6.45, 7) is 4.78. The quantitative estimate of drug-likeness (QED) is 0.0379. The number of likely N-dealkylation sites (tertiary alicyclic amines) is 1. The van der Waals surface area contributed by atoms with Crippen LogP contribution in [0.3, 0.4) is 0 Å². The summed E-state index contributed by atoms with van der Waals surface area (Å²) in [5, 5.41) is 3.02. The van der Waals surface area contributed by atoms with Gasteiger partial charge in [0, 0.05) is 31.9 Å². The van der Waals surface area contributed by atoms with Gasteiger partial charge in [-0.25, -0.2) is 4.79 Å². The summed E-state index contributed by atoms with van der Waals surface area (Å²) in [7, 11) is 7.82. The van der Waals surface area contributed by atoms with E-state index in [-0.39, 0.29) is 18.4 Å². The molecule has 0 aliphatic carbocycles. The molecule has 13 nitrogen and oxygen atoms in total. The predicted molar refractivity (Wildman–Crippen MR) is 300 cm³/mol. The summed E-state index contributed by atoms with van der Waals surface area (Å²) in [5.41, 5.74) is 7.62. The Balaban J connectivity index is 0.892. The van der Waals surface area contributed by atoms with Crippen LogP contribution in [0.25, 0.3) is 12.2 Å². The first-order valence-corrected chi connectivity index (χ1v) is 27.3. The van der Waals surface area contributed by atoms with Crippen molar-refractivity contribution in [3.05, 3.63) is 137 Å². The molecule has 0 saturated carbocycles. The molecule has 0 bridgehead atoms. The van der Waals surface area contributed by atoms with Crippen LogP contribution in [0.5, 0.6) is 34.5 Å². The largest absolute Gasteiger partial charge is 0.493 e. The standard InChI is InChI=1S/C63H79N3O10/c1-7-52(50-41-58(72-4)61(74-6)59(42-50)73-5)62(68)66-38-21-18-29-54(66)63(69)76-55(34-30-45-31-35-56(70-2)57(39-45)71-3)48-26-22-27-51(40-48)75-44-60(67)64-36-19-12-10-8-9-11-13-20-37-65-43-49-25-15-14-23-46(49)32-33-47-24-16-17-28-53(47)65/h14-17,22-28,31-33,35,39-42,52,54-55H,7-13,18-21,29-30,34,36-38,43-44H2,1-6H3,(H,64,67)/b33-32-/t52-,54-,55+/m0/s1. The summed E-state index contributed by atoms with van der Waals surface area (Å²) in [6, 6.07) is 33.3. The van der Waals surface area contributed by atoms with Gasteiger partial charge >= 0.3 is 5.97 Å². The van der Waals surface area contributed by atoms with Gasteiger partial charge in [0.15, 0.2) is 29.6 Å². The van der Waals surface area contributed by atoms with Crippen LogP contribution in [0, 0.1) is 0 Å². The molecule has 0 radical (unpaired) electrons. The molecule has 5 aromatic rings. The molecule has 2 aliphatic heterocycles. The third-order valence-corrected chi connectivity index (χ3v) is 14.7. The van der Waals surface area contributed by atoms with E-state index in [0.29, 0.717) is 84.4 Å². The van der Waals surface area contributed by atoms with Gasteiger partial charge in [0.2, 0.25) is 11.7 Å². The van der Waals surface area contributed by atoms with Gasteiger partial charge in [0.25, 0.3) is 5.91 Å². The molecule has 406 valence electrons. The van der Waals surface area contributed by atoms with Crippen molar-refractivity contribution >= 4 is 35.6 Å². The van der Waals surface area contributed by atoms with Gasteiger partial charge in [0.1, 0.15) is 17.9 Å². The average molecular weight is 1040 g/mol. The summed E-state index contributed by atoms with van der Waals surface area (Å²) >= 11 is 0. The molecule has 2 heterocycles. The number of piperidine rings is 1. The molecule has 1 fully saturated rings. The molecule has 5 aromatic carbocycles. The number of rotatable bonds is 28. The number of nitrogens with zero attached hydrogens (tertiary/aromatic N) is 2. The van der Waals surface area contributed by atoms with Gasteiger partial charge in [-0.3, -0.25) is 9.59 Å². The van der Waals surface area contributed by atoms with Crippen LogP contribution in [0.4, 0.5) is 5.69 Å². The first-order valence-electron chi connectivity index (χ1n) is 27.3. The molecule has 2 amide bonds. The number of unbranched alkanes of at least 4 members (excludes halogenated alkanes) is 7.